The van der Waals surface area contributed by atoms with Crippen molar-refractivity contribution in [1.82, 2.24) is 10.6 Å². The number of alkyl carbamates (subject to hydrolysis) is 1. The molecule has 5 atom stereocenters. The van der Waals surface area contributed by atoms with Crippen molar-refractivity contribution in [2.24, 2.45) is 5.92 Å². The van der Waals surface area contributed by atoms with E-state index in [0.29, 0.717) is 13.0 Å². The maximum Gasteiger partial charge on any atom is 0.407 e. The van der Waals surface area contributed by atoms with Gasteiger partial charge >= 0.3 is 12.1 Å². The highest BCUT2D eigenvalue weighted by molar-refractivity contribution is 5.83. The third-order valence-electron chi connectivity index (χ3n) is 8.92. The van der Waals surface area contributed by atoms with Gasteiger partial charge in [-0.2, -0.15) is 0 Å². The van der Waals surface area contributed by atoms with E-state index in [1.165, 1.54) is 6.08 Å². The molecule has 11 heteroatoms. The van der Waals surface area contributed by atoms with E-state index in [1.54, 1.807) is 0 Å². The lowest BCUT2D eigenvalue weighted by Gasteiger charge is -2.28. The van der Waals surface area contributed by atoms with Gasteiger partial charge in [-0.25, -0.2) is 9.59 Å². The fraction of sp³-hybridized carbons (Fsp3) is 0.528. The Balaban J connectivity index is 1.13. The van der Waals surface area contributed by atoms with Crippen LogP contribution in [0.2, 0.25) is 0 Å². The predicted molar refractivity (Wildman–Crippen MR) is 173 cm³/mol. The Labute approximate surface area is 275 Å². The van der Waals surface area contributed by atoms with Crippen LogP contribution in [0.5, 0.6) is 0 Å². The summed E-state index contributed by atoms with van der Waals surface area (Å²) in [4.78, 5) is 38.6. The maximum atomic E-state index is 12.9. The second-order valence-corrected chi connectivity index (χ2v) is 13.4. The highest BCUT2D eigenvalue weighted by atomic mass is 16.7. The predicted octanol–water partition coefficient (Wildman–Crippen LogP) is 4.22. The van der Waals surface area contributed by atoms with Crippen molar-refractivity contribution in [1.29, 1.82) is 0 Å². The van der Waals surface area contributed by atoms with Crippen molar-refractivity contribution in [3.63, 3.8) is 0 Å². The summed E-state index contributed by atoms with van der Waals surface area (Å²) in [6.07, 6.45) is -0.666. The summed E-state index contributed by atoms with van der Waals surface area (Å²) in [5.74, 6) is -2.10. The Kier molecular flexibility index (Phi) is 10.7. The van der Waals surface area contributed by atoms with Crippen LogP contribution in [-0.2, 0) is 33.3 Å². The lowest BCUT2D eigenvalue weighted by molar-refractivity contribution is -0.151. The van der Waals surface area contributed by atoms with Crippen LogP contribution in [0, 0.1) is 5.92 Å². The number of carbonyl (C=O) groups excluding carboxylic acids is 3. The molecule has 0 radical (unpaired) electrons. The smallest absolute Gasteiger partial charge is 0.407 e. The first-order chi connectivity index (χ1) is 22.4. The van der Waals surface area contributed by atoms with Crippen molar-refractivity contribution in [2.75, 3.05) is 26.4 Å². The third-order valence-corrected chi connectivity index (χ3v) is 8.92. The highest BCUT2D eigenvalue weighted by Crippen LogP contribution is 2.45. The van der Waals surface area contributed by atoms with Crippen LogP contribution in [-0.4, -0.2) is 85.2 Å². The summed E-state index contributed by atoms with van der Waals surface area (Å²) in [5, 5.41) is 16.4. The monoisotopic (exact) mass is 650 g/mol. The Hall–Kier alpha value is -3.77. The van der Waals surface area contributed by atoms with E-state index in [-0.39, 0.29) is 50.5 Å². The lowest BCUT2D eigenvalue weighted by Crippen LogP contribution is -2.46. The SMILES string of the molecule is C=CCOC(=O)[C@H](CCC(=O)NC[C@H](O)[C@H]1OC(C)(C)C[C@@H]1[C@H]1COC(C)(C)O1)NC(=O)OCC1c2ccccc2-c2ccccc21. The average Bonchev–Trinajstić information content (AvgIpc) is 3.69. The van der Waals surface area contributed by atoms with Gasteiger partial charge in [0.15, 0.2) is 5.79 Å². The molecular formula is C36H46N2O9. The zero-order valence-corrected chi connectivity index (χ0v) is 27.5. The average molecular weight is 651 g/mol. The molecule has 2 aromatic carbocycles. The Morgan fingerprint density at radius 1 is 1.02 bits per heavy atom. The number of fused-ring (bicyclic) bond motifs is 3. The quantitative estimate of drug-likeness (QED) is 0.215. The van der Waals surface area contributed by atoms with E-state index in [1.807, 2.05) is 76.2 Å². The van der Waals surface area contributed by atoms with Crippen molar-refractivity contribution in [2.45, 2.75) is 88.6 Å². The van der Waals surface area contributed by atoms with Crippen LogP contribution < -0.4 is 10.6 Å². The lowest BCUT2D eigenvalue weighted by atomic mass is 9.87. The standard InChI is InChI=1S/C36H46N2O9/c1-6-17-43-33(41)28(38-34(42)44-20-27-24-13-9-7-11-22(24)23-12-8-10-14-25(23)27)15-16-31(40)37-19-29(39)32-26(18-35(2,3)47-32)30-21-45-36(4,5)46-30/h6-14,26-30,32,39H,1,15-21H2,2-5H3,(H,37,40)(H,38,42)/t26-,28+,29+,30-,32+/m1/s1. The molecule has 0 saturated carbocycles. The number of benzene rings is 2. The molecule has 0 bridgehead atoms. The van der Waals surface area contributed by atoms with Crippen LogP contribution >= 0.6 is 0 Å². The number of aliphatic hydroxyl groups is 1. The summed E-state index contributed by atoms with van der Waals surface area (Å²) in [6, 6.07) is 14.8. The molecule has 47 heavy (non-hydrogen) atoms. The first-order valence-electron chi connectivity index (χ1n) is 16.2. The van der Waals surface area contributed by atoms with Crippen molar-refractivity contribution in [3.8, 4) is 11.1 Å². The van der Waals surface area contributed by atoms with Gasteiger partial charge in [-0.05, 0) is 62.8 Å². The van der Waals surface area contributed by atoms with Gasteiger partial charge in [0, 0.05) is 24.8 Å². The Bertz CT molecular complexity index is 1410. The van der Waals surface area contributed by atoms with Crippen molar-refractivity contribution >= 4 is 18.0 Å². The van der Waals surface area contributed by atoms with Crippen LogP contribution in [0.1, 0.15) is 64.0 Å². The molecular weight excluding hydrogens is 604 g/mol. The van der Waals surface area contributed by atoms with Gasteiger partial charge < -0.3 is 39.4 Å². The molecule has 2 saturated heterocycles. The molecule has 254 valence electrons. The van der Waals surface area contributed by atoms with Crippen molar-refractivity contribution < 1.29 is 43.2 Å². The summed E-state index contributed by atoms with van der Waals surface area (Å²) in [7, 11) is 0. The molecule has 11 nitrogen and oxygen atoms in total. The van der Waals surface area contributed by atoms with E-state index in [2.05, 4.69) is 17.2 Å². The molecule has 2 amide bonds. The molecule has 0 unspecified atom stereocenters. The van der Waals surface area contributed by atoms with Crippen LogP contribution in [0.4, 0.5) is 4.79 Å². The zero-order valence-electron chi connectivity index (χ0n) is 27.5. The maximum absolute atomic E-state index is 12.9. The fourth-order valence-electron chi connectivity index (χ4n) is 6.79. The number of ether oxygens (including phenoxy) is 5. The first kappa shape index (κ1) is 34.6. The molecule has 3 aliphatic rings. The number of carbonyl (C=O) groups is 3. The second-order valence-electron chi connectivity index (χ2n) is 13.4. The first-order valence-corrected chi connectivity index (χ1v) is 16.2. The Morgan fingerprint density at radius 2 is 1.68 bits per heavy atom. The second kappa shape index (κ2) is 14.6. The summed E-state index contributed by atoms with van der Waals surface area (Å²) < 4.78 is 28.8. The summed E-state index contributed by atoms with van der Waals surface area (Å²) in [5.41, 5.74) is 3.85. The summed E-state index contributed by atoms with van der Waals surface area (Å²) >= 11 is 0. The number of aliphatic hydroxyl groups excluding tert-OH is 1. The van der Waals surface area contributed by atoms with E-state index >= 15 is 0 Å². The normalized spacial score (nSPS) is 23.6. The number of rotatable bonds is 13. The topological polar surface area (TPSA) is 142 Å². The van der Waals surface area contributed by atoms with E-state index in [4.69, 9.17) is 23.7 Å². The van der Waals surface area contributed by atoms with Gasteiger partial charge in [-0.1, -0.05) is 61.2 Å². The number of esters is 1. The summed E-state index contributed by atoms with van der Waals surface area (Å²) in [6.45, 7) is 11.5. The molecule has 1 aliphatic carbocycles. The van der Waals surface area contributed by atoms with Crippen molar-refractivity contribution in [3.05, 3.63) is 72.3 Å². The van der Waals surface area contributed by atoms with Gasteiger partial charge in [-0.3, -0.25) is 4.79 Å². The van der Waals surface area contributed by atoms with E-state index in [9.17, 15) is 19.5 Å². The number of amides is 2. The molecule has 0 spiro atoms. The molecule has 2 aromatic rings. The minimum absolute atomic E-state index is 0.0416. The van der Waals surface area contributed by atoms with Gasteiger partial charge in [0.2, 0.25) is 5.91 Å². The minimum Gasteiger partial charge on any atom is -0.460 e. The van der Waals surface area contributed by atoms with E-state index < -0.39 is 47.6 Å². The van der Waals surface area contributed by atoms with Crippen LogP contribution in [0.15, 0.2) is 61.2 Å². The largest absolute Gasteiger partial charge is 0.460 e. The highest BCUT2D eigenvalue weighted by Gasteiger charge is 2.50. The fourth-order valence-corrected chi connectivity index (χ4v) is 6.79. The van der Waals surface area contributed by atoms with Gasteiger partial charge in [0.1, 0.15) is 19.3 Å². The molecule has 5 rings (SSSR count). The molecule has 0 aromatic heterocycles. The number of hydrogen-bond donors (Lipinski definition) is 3. The molecule has 3 N–H and O–H groups in total. The number of nitrogens with one attached hydrogen (secondary N) is 2. The third kappa shape index (κ3) is 8.39. The van der Waals surface area contributed by atoms with Crippen LogP contribution in [0.25, 0.3) is 11.1 Å². The van der Waals surface area contributed by atoms with Gasteiger partial charge in [-0.15, -0.1) is 0 Å². The minimum atomic E-state index is -1.13. The van der Waals surface area contributed by atoms with E-state index in [0.717, 1.165) is 22.3 Å². The Morgan fingerprint density at radius 3 is 2.30 bits per heavy atom. The molecule has 2 aliphatic heterocycles. The molecule has 2 heterocycles. The zero-order chi connectivity index (χ0) is 33.8. The van der Waals surface area contributed by atoms with Gasteiger partial charge in [0.05, 0.1) is 30.5 Å². The number of hydrogen-bond acceptors (Lipinski definition) is 9. The molecule has 2 fully saturated rings. The van der Waals surface area contributed by atoms with Gasteiger partial charge in [0.25, 0.3) is 0 Å². The van der Waals surface area contributed by atoms with Crippen LogP contribution in [0.3, 0.4) is 0 Å².